The third kappa shape index (κ3) is 5.16. The molecule has 1 N–H and O–H groups in total. The van der Waals surface area contributed by atoms with Gasteiger partial charge < -0.3 is 19.5 Å². The summed E-state index contributed by atoms with van der Waals surface area (Å²) in [7, 11) is 1.10. The minimum atomic E-state index is -4.53. The Bertz CT molecular complexity index is 1260. The lowest BCUT2D eigenvalue weighted by molar-refractivity contribution is -0.159. The number of hydrogen-bond acceptors (Lipinski definition) is 7. The molecule has 1 atom stereocenters. The second-order valence-corrected chi connectivity index (χ2v) is 8.50. The number of H-pyrrole nitrogens is 1. The molecule has 0 aromatic carbocycles. The average Bonchev–Trinajstić information content (AvgIpc) is 3.44. The summed E-state index contributed by atoms with van der Waals surface area (Å²) in [6, 6.07) is 0.768. The lowest BCUT2D eigenvalue weighted by atomic mass is 10.1. The summed E-state index contributed by atoms with van der Waals surface area (Å²) in [5, 5.41) is 1.05. The van der Waals surface area contributed by atoms with Crippen molar-refractivity contribution in [2.45, 2.75) is 32.0 Å². The molecule has 3 aromatic rings. The Balaban J connectivity index is 1.77. The van der Waals surface area contributed by atoms with E-state index in [4.69, 9.17) is 16.3 Å². The molecule has 1 fully saturated rings. The van der Waals surface area contributed by atoms with Crippen LogP contribution in [0, 0.1) is 0 Å². The number of anilines is 1. The molecular formula is C22H22ClF3N6O3. The van der Waals surface area contributed by atoms with E-state index in [1.807, 2.05) is 0 Å². The number of ether oxygens (including phenoxy) is 1. The Morgan fingerprint density at radius 2 is 2.09 bits per heavy atom. The molecule has 1 saturated heterocycles. The maximum Gasteiger partial charge on any atom is 0.406 e. The van der Waals surface area contributed by atoms with Crippen molar-refractivity contribution in [1.29, 1.82) is 0 Å². The zero-order valence-electron chi connectivity index (χ0n) is 18.9. The first-order valence-electron chi connectivity index (χ1n) is 10.8. The molecule has 0 saturated carbocycles. The van der Waals surface area contributed by atoms with Crippen molar-refractivity contribution in [2.75, 3.05) is 31.6 Å². The summed E-state index contributed by atoms with van der Waals surface area (Å²) in [5.74, 6) is -1.06. The van der Waals surface area contributed by atoms with E-state index in [0.717, 1.165) is 7.05 Å². The van der Waals surface area contributed by atoms with Gasteiger partial charge in [0, 0.05) is 43.1 Å². The van der Waals surface area contributed by atoms with Gasteiger partial charge in [-0.25, -0.2) is 19.7 Å². The predicted molar refractivity (Wildman–Crippen MR) is 122 cm³/mol. The highest BCUT2D eigenvalue weighted by Crippen LogP contribution is 2.33. The maximum absolute atomic E-state index is 12.9. The van der Waals surface area contributed by atoms with Crippen molar-refractivity contribution in [3.63, 3.8) is 0 Å². The van der Waals surface area contributed by atoms with E-state index in [-0.39, 0.29) is 23.8 Å². The number of aromatic amines is 1. The van der Waals surface area contributed by atoms with Crippen LogP contribution in [0.3, 0.4) is 0 Å². The van der Waals surface area contributed by atoms with Gasteiger partial charge in [-0.15, -0.1) is 0 Å². The second-order valence-electron chi connectivity index (χ2n) is 8.06. The number of fused-ring (bicyclic) bond motifs is 1. The molecule has 4 rings (SSSR count). The Morgan fingerprint density at radius 3 is 2.80 bits per heavy atom. The lowest BCUT2D eigenvalue weighted by Gasteiger charge is -2.30. The van der Waals surface area contributed by atoms with E-state index in [1.165, 1.54) is 12.4 Å². The highest BCUT2D eigenvalue weighted by Gasteiger charge is 2.39. The lowest BCUT2D eigenvalue weighted by Crippen LogP contribution is -2.47. The number of esters is 1. The van der Waals surface area contributed by atoms with Gasteiger partial charge in [-0.1, -0.05) is 11.6 Å². The first kappa shape index (κ1) is 24.7. The number of amides is 1. The van der Waals surface area contributed by atoms with Gasteiger partial charge in [-0.05, 0) is 25.8 Å². The molecule has 35 heavy (non-hydrogen) atoms. The number of nitrogens with zero attached hydrogens (tertiary/aromatic N) is 5. The largest absolute Gasteiger partial charge is 0.462 e. The van der Waals surface area contributed by atoms with Crippen LogP contribution in [-0.2, 0) is 9.53 Å². The van der Waals surface area contributed by atoms with Crippen LogP contribution >= 0.6 is 11.6 Å². The van der Waals surface area contributed by atoms with E-state index < -0.39 is 30.6 Å². The van der Waals surface area contributed by atoms with Crippen LogP contribution in [-0.4, -0.2) is 75.7 Å². The minimum absolute atomic E-state index is 0.0183. The molecule has 0 radical (unpaired) electrons. The number of alkyl halides is 3. The number of hydrogen-bond donors (Lipinski definition) is 1. The van der Waals surface area contributed by atoms with E-state index in [9.17, 15) is 22.8 Å². The maximum atomic E-state index is 12.9. The first-order chi connectivity index (χ1) is 16.6. The highest BCUT2D eigenvalue weighted by molar-refractivity contribution is 6.31. The van der Waals surface area contributed by atoms with Crippen LogP contribution in [0.15, 0.2) is 24.7 Å². The molecule has 0 bridgehead atoms. The van der Waals surface area contributed by atoms with Gasteiger partial charge >= 0.3 is 12.1 Å². The third-order valence-electron chi connectivity index (χ3n) is 5.61. The van der Waals surface area contributed by atoms with Crippen molar-refractivity contribution in [1.82, 2.24) is 24.8 Å². The van der Waals surface area contributed by atoms with Crippen molar-refractivity contribution in [3.05, 3.63) is 35.2 Å². The molecule has 1 aliphatic heterocycles. The summed E-state index contributed by atoms with van der Waals surface area (Å²) in [6.45, 7) is 0.687. The van der Waals surface area contributed by atoms with Gasteiger partial charge in [0.2, 0.25) is 5.91 Å². The van der Waals surface area contributed by atoms with Gasteiger partial charge in [0.1, 0.15) is 29.6 Å². The summed E-state index contributed by atoms with van der Waals surface area (Å²) in [6.07, 6.45) is 0.737. The monoisotopic (exact) mass is 510 g/mol. The molecule has 13 heteroatoms. The number of carbonyl (C=O) groups is 2. The van der Waals surface area contributed by atoms with Gasteiger partial charge in [-0.2, -0.15) is 13.2 Å². The third-order valence-corrected chi connectivity index (χ3v) is 5.81. The van der Waals surface area contributed by atoms with Crippen LogP contribution in [0.25, 0.3) is 22.4 Å². The number of rotatable bonds is 6. The van der Waals surface area contributed by atoms with E-state index in [0.29, 0.717) is 45.9 Å². The van der Waals surface area contributed by atoms with Crippen LogP contribution in [0.4, 0.5) is 19.0 Å². The van der Waals surface area contributed by atoms with Gasteiger partial charge in [0.05, 0.1) is 11.6 Å². The summed E-state index contributed by atoms with van der Waals surface area (Å²) >= 11 is 6.09. The van der Waals surface area contributed by atoms with E-state index in [1.54, 1.807) is 24.1 Å². The van der Waals surface area contributed by atoms with Crippen molar-refractivity contribution < 1.29 is 27.5 Å². The van der Waals surface area contributed by atoms with Crippen LogP contribution in [0.5, 0.6) is 0 Å². The molecule has 9 nitrogen and oxygen atoms in total. The van der Waals surface area contributed by atoms with Crippen LogP contribution < -0.4 is 4.90 Å². The molecule has 0 aliphatic carbocycles. The van der Waals surface area contributed by atoms with Crippen molar-refractivity contribution >= 4 is 40.3 Å². The molecular weight excluding hydrogens is 489 g/mol. The zero-order chi connectivity index (χ0) is 25.3. The molecule has 3 aromatic heterocycles. The van der Waals surface area contributed by atoms with E-state index >= 15 is 0 Å². The zero-order valence-corrected chi connectivity index (χ0v) is 19.7. The Morgan fingerprint density at radius 1 is 1.31 bits per heavy atom. The second kappa shape index (κ2) is 9.68. The normalized spacial score (nSPS) is 16.1. The fourth-order valence-electron chi connectivity index (χ4n) is 4.12. The molecule has 0 unspecified atom stereocenters. The highest BCUT2D eigenvalue weighted by atomic mass is 35.5. The van der Waals surface area contributed by atoms with Gasteiger partial charge in [0.25, 0.3) is 0 Å². The molecule has 0 spiro atoms. The Kier molecular flexibility index (Phi) is 6.84. The van der Waals surface area contributed by atoms with E-state index in [2.05, 4.69) is 19.9 Å². The number of likely N-dealkylation sites (N-methyl/N-ethyl adjacent to an activating group) is 1. The van der Waals surface area contributed by atoms with Crippen LogP contribution in [0.1, 0.15) is 30.1 Å². The Labute approximate surface area is 203 Å². The summed E-state index contributed by atoms with van der Waals surface area (Å²) in [4.78, 5) is 43.9. The van der Waals surface area contributed by atoms with Gasteiger partial charge in [-0.3, -0.25) is 4.79 Å². The topological polar surface area (TPSA) is 104 Å². The van der Waals surface area contributed by atoms with Crippen LogP contribution in [0.2, 0.25) is 5.02 Å². The fourth-order valence-corrected chi connectivity index (χ4v) is 4.27. The molecule has 186 valence electrons. The number of nitrogens with one attached hydrogen (secondary N) is 1. The minimum Gasteiger partial charge on any atom is -0.462 e. The van der Waals surface area contributed by atoms with Gasteiger partial charge in [0.15, 0.2) is 5.82 Å². The first-order valence-corrected chi connectivity index (χ1v) is 11.2. The standard InChI is InChI=1S/C22H22ClF3N6O3/c1-3-35-21(34)15-10-29-18(14-9-28-17-13(14)7-12(23)8-27-17)30-19(15)32-6-4-5-16(32)20(33)31(2)11-22(24,25)26/h7-10,16H,3-6,11H2,1-2H3,(H,27,28)/t16-/m1/s1. The average molecular weight is 511 g/mol. The van der Waals surface area contributed by atoms with Crippen molar-refractivity contribution in [2.24, 2.45) is 0 Å². The quantitative estimate of drug-likeness (QED) is 0.502. The summed E-state index contributed by atoms with van der Waals surface area (Å²) in [5.41, 5.74) is 1.12. The number of halogens is 4. The fraction of sp³-hybridized carbons (Fsp3) is 0.409. The molecule has 4 heterocycles. The molecule has 1 amide bonds. The smallest absolute Gasteiger partial charge is 0.406 e. The Hall–Kier alpha value is -3.41. The number of pyridine rings is 1. The molecule has 1 aliphatic rings. The predicted octanol–water partition coefficient (Wildman–Crippen LogP) is 3.84. The number of carbonyl (C=O) groups excluding carboxylic acids is 2. The number of aromatic nitrogens is 4. The SMILES string of the molecule is CCOC(=O)c1cnc(-c2c[nH]c3ncc(Cl)cc23)nc1N1CCC[C@@H]1C(=O)N(C)CC(F)(F)F. The van der Waals surface area contributed by atoms with Crippen molar-refractivity contribution in [3.8, 4) is 11.4 Å². The summed E-state index contributed by atoms with van der Waals surface area (Å²) < 4.78 is 43.8.